The molecule has 4 aromatic rings. The van der Waals surface area contributed by atoms with Gasteiger partial charge in [0.15, 0.2) is 16.6 Å². The van der Waals surface area contributed by atoms with Crippen LogP contribution in [0.15, 0.2) is 58.5 Å². The molecule has 158 valence electrons. The zero-order valence-corrected chi connectivity index (χ0v) is 17.9. The summed E-state index contributed by atoms with van der Waals surface area (Å²) in [6.07, 6.45) is 0.958. The Balaban J connectivity index is 1.30. The van der Waals surface area contributed by atoms with E-state index >= 15 is 0 Å². The molecule has 1 amide bonds. The van der Waals surface area contributed by atoms with Crippen molar-refractivity contribution in [1.82, 2.24) is 9.55 Å². The summed E-state index contributed by atoms with van der Waals surface area (Å²) < 4.78 is 19.1. The third-order valence-corrected chi connectivity index (χ3v) is 6.04. The number of rotatable bonds is 5. The zero-order chi connectivity index (χ0) is 21.4. The van der Waals surface area contributed by atoms with Crippen molar-refractivity contribution < 1.29 is 18.7 Å². The minimum Gasteiger partial charge on any atom is -0.485 e. The Labute approximate surface area is 183 Å². The lowest BCUT2D eigenvalue weighted by atomic mass is 10.2. The molecule has 1 atom stereocenters. The number of carbonyl (C=O) groups is 1. The van der Waals surface area contributed by atoms with Crippen molar-refractivity contribution in [2.45, 2.75) is 26.5 Å². The summed E-state index contributed by atoms with van der Waals surface area (Å²) >= 11 is 1.38. The Morgan fingerprint density at radius 2 is 2.06 bits per heavy atom. The van der Waals surface area contributed by atoms with Crippen LogP contribution in [0.5, 0.6) is 11.5 Å². The third kappa shape index (κ3) is 3.82. The van der Waals surface area contributed by atoms with E-state index in [0.29, 0.717) is 23.2 Å². The number of nitrogens with one attached hydrogen (secondary N) is 1. The number of aryl methyl sites for hydroxylation is 1. The van der Waals surface area contributed by atoms with Gasteiger partial charge in [0.05, 0.1) is 18.5 Å². The van der Waals surface area contributed by atoms with Crippen molar-refractivity contribution in [2.24, 2.45) is 0 Å². The van der Waals surface area contributed by atoms with Crippen molar-refractivity contribution in [3.8, 4) is 22.8 Å². The van der Waals surface area contributed by atoms with Crippen LogP contribution >= 0.6 is 11.3 Å². The molecule has 0 aliphatic carbocycles. The van der Waals surface area contributed by atoms with Gasteiger partial charge >= 0.3 is 0 Å². The number of aromatic nitrogens is 2. The first kappa shape index (κ1) is 19.4. The maximum atomic E-state index is 12.7. The highest BCUT2D eigenvalue weighted by molar-refractivity contribution is 7.14. The summed E-state index contributed by atoms with van der Waals surface area (Å²) in [4.78, 5) is 17.3. The number of nitrogens with zero attached hydrogens (tertiary/aromatic N) is 2. The van der Waals surface area contributed by atoms with E-state index in [-0.39, 0.29) is 12.5 Å². The lowest BCUT2D eigenvalue weighted by Gasteiger charge is -2.25. The van der Waals surface area contributed by atoms with Gasteiger partial charge in [0.25, 0.3) is 5.91 Å². The minimum absolute atomic E-state index is 0.162. The molecule has 7 nitrogen and oxygen atoms in total. The van der Waals surface area contributed by atoms with E-state index in [9.17, 15) is 4.79 Å². The van der Waals surface area contributed by atoms with E-state index in [0.717, 1.165) is 28.4 Å². The van der Waals surface area contributed by atoms with Gasteiger partial charge in [-0.05, 0) is 44.2 Å². The molecule has 8 heteroatoms. The molecule has 0 radical (unpaired) electrons. The van der Waals surface area contributed by atoms with Gasteiger partial charge in [0.2, 0.25) is 6.10 Å². The monoisotopic (exact) mass is 435 g/mol. The summed E-state index contributed by atoms with van der Waals surface area (Å²) in [6, 6.07) is 13.3. The predicted molar refractivity (Wildman–Crippen MR) is 118 cm³/mol. The largest absolute Gasteiger partial charge is 0.485 e. The van der Waals surface area contributed by atoms with Crippen LogP contribution in [0.2, 0.25) is 0 Å². The lowest BCUT2D eigenvalue weighted by molar-refractivity contribution is -0.125. The van der Waals surface area contributed by atoms with E-state index in [1.807, 2.05) is 35.7 Å². The number of hydrogen-bond acceptors (Lipinski definition) is 6. The zero-order valence-electron chi connectivity index (χ0n) is 17.1. The number of hydrogen-bond donors (Lipinski definition) is 1. The molecule has 1 unspecified atom stereocenters. The standard InChI is InChI=1S/C23H21N3O4S/c1-14-10-17(15(2)26(14)11-16-6-5-9-28-16)18-13-31-23(24-18)25-22(27)21-12-29-19-7-3-4-8-20(19)30-21/h3-10,13,21H,11-12H2,1-2H3,(H,24,25,27). The molecule has 31 heavy (non-hydrogen) atoms. The molecule has 5 rings (SSSR count). The maximum absolute atomic E-state index is 12.7. The Morgan fingerprint density at radius 3 is 2.87 bits per heavy atom. The molecule has 0 saturated carbocycles. The fourth-order valence-corrected chi connectivity index (χ4v) is 4.37. The molecule has 1 N–H and O–H groups in total. The average molecular weight is 436 g/mol. The molecule has 0 fully saturated rings. The van der Waals surface area contributed by atoms with Crippen LogP contribution in [-0.4, -0.2) is 28.2 Å². The van der Waals surface area contributed by atoms with Crippen LogP contribution in [-0.2, 0) is 11.3 Å². The molecule has 0 spiro atoms. The van der Waals surface area contributed by atoms with Crippen LogP contribution in [0, 0.1) is 13.8 Å². The van der Waals surface area contributed by atoms with E-state index < -0.39 is 6.10 Å². The maximum Gasteiger partial charge on any atom is 0.270 e. The smallest absolute Gasteiger partial charge is 0.270 e. The number of thiazole rings is 1. The lowest BCUT2D eigenvalue weighted by Crippen LogP contribution is -2.40. The molecule has 3 aromatic heterocycles. The Morgan fingerprint density at radius 1 is 1.23 bits per heavy atom. The van der Waals surface area contributed by atoms with Crippen molar-refractivity contribution in [1.29, 1.82) is 0 Å². The molecule has 4 heterocycles. The van der Waals surface area contributed by atoms with Gasteiger partial charge < -0.3 is 18.5 Å². The number of benzene rings is 1. The number of amides is 1. The predicted octanol–water partition coefficient (Wildman–Crippen LogP) is 4.65. The quantitative estimate of drug-likeness (QED) is 0.494. The molecule has 1 aromatic carbocycles. The second kappa shape index (κ2) is 7.96. The Hall–Kier alpha value is -3.52. The Kier molecular flexibility index (Phi) is 4.99. The third-order valence-electron chi connectivity index (χ3n) is 5.28. The first-order valence-electron chi connectivity index (χ1n) is 9.93. The summed E-state index contributed by atoms with van der Waals surface area (Å²) in [5, 5.41) is 5.32. The molecule has 0 bridgehead atoms. The molecule has 1 aliphatic rings. The van der Waals surface area contributed by atoms with Crippen LogP contribution in [0.1, 0.15) is 17.1 Å². The first-order chi connectivity index (χ1) is 15.1. The van der Waals surface area contributed by atoms with Gasteiger partial charge in [-0.3, -0.25) is 10.1 Å². The van der Waals surface area contributed by atoms with Gasteiger partial charge in [0.1, 0.15) is 12.4 Å². The van der Waals surface area contributed by atoms with E-state index in [1.165, 1.54) is 11.3 Å². The summed E-state index contributed by atoms with van der Waals surface area (Å²) in [6.45, 7) is 4.95. The average Bonchev–Trinajstić information content (AvgIpc) is 3.52. The molecule has 0 saturated heterocycles. The number of para-hydroxylation sites is 2. The van der Waals surface area contributed by atoms with Gasteiger partial charge in [0, 0.05) is 22.3 Å². The van der Waals surface area contributed by atoms with E-state index in [2.05, 4.69) is 34.8 Å². The van der Waals surface area contributed by atoms with Crippen LogP contribution in [0.25, 0.3) is 11.3 Å². The van der Waals surface area contributed by atoms with E-state index in [1.54, 1.807) is 12.3 Å². The van der Waals surface area contributed by atoms with E-state index in [4.69, 9.17) is 13.9 Å². The highest BCUT2D eigenvalue weighted by Gasteiger charge is 2.28. The van der Waals surface area contributed by atoms with Crippen molar-refractivity contribution in [3.63, 3.8) is 0 Å². The normalized spacial score (nSPS) is 15.1. The van der Waals surface area contributed by atoms with Crippen molar-refractivity contribution in [3.05, 3.63) is 71.3 Å². The van der Waals surface area contributed by atoms with Gasteiger partial charge in [-0.2, -0.15) is 0 Å². The minimum atomic E-state index is -0.722. The Bertz CT molecular complexity index is 1230. The topological polar surface area (TPSA) is 78.5 Å². The summed E-state index contributed by atoms with van der Waals surface area (Å²) in [5.41, 5.74) is 4.07. The number of fused-ring (bicyclic) bond motifs is 1. The second-order valence-electron chi connectivity index (χ2n) is 7.34. The number of ether oxygens (including phenoxy) is 2. The van der Waals surface area contributed by atoms with Crippen LogP contribution < -0.4 is 14.8 Å². The van der Waals surface area contributed by atoms with Crippen molar-refractivity contribution >= 4 is 22.4 Å². The fourth-order valence-electron chi connectivity index (χ4n) is 3.65. The molecular formula is C23H21N3O4S. The van der Waals surface area contributed by atoms with Crippen LogP contribution in [0.3, 0.4) is 0 Å². The molecule has 1 aliphatic heterocycles. The SMILES string of the molecule is Cc1cc(-c2csc(NC(=O)C3COc4ccccc4O3)n2)c(C)n1Cc1ccco1. The second-order valence-corrected chi connectivity index (χ2v) is 8.20. The van der Waals surface area contributed by atoms with Gasteiger partial charge in [-0.15, -0.1) is 11.3 Å². The fraction of sp³-hybridized carbons (Fsp3) is 0.217. The number of anilines is 1. The van der Waals surface area contributed by atoms with Gasteiger partial charge in [-0.1, -0.05) is 12.1 Å². The van der Waals surface area contributed by atoms with Gasteiger partial charge in [-0.25, -0.2) is 4.98 Å². The van der Waals surface area contributed by atoms with Crippen LogP contribution in [0.4, 0.5) is 5.13 Å². The highest BCUT2D eigenvalue weighted by atomic mass is 32.1. The van der Waals surface area contributed by atoms with Crippen molar-refractivity contribution in [2.75, 3.05) is 11.9 Å². The summed E-state index contributed by atoms with van der Waals surface area (Å²) in [7, 11) is 0. The number of furan rings is 1. The first-order valence-corrected chi connectivity index (χ1v) is 10.8. The number of carbonyl (C=O) groups excluding carboxylic acids is 1. The highest BCUT2D eigenvalue weighted by Crippen LogP contribution is 2.32. The molecular weight excluding hydrogens is 414 g/mol. The summed E-state index contributed by atoms with van der Waals surface area (Å²) in [5.74, 6) is 1.83.